The molecule has 0 aliphatic rings. The van der Waals surface area contributed by atoms with Gasteiger partial charge in [-0.15, -0.1) is 0 Å². The number of rotatable bonds is 3. The third-order valence-electron chi connectivity index (χ3n) is 2.60. The fourth-order valence-electron chi connectivity index (χ4n) is 1.61. The summed E-state index contributed by atoms with van der Waals surface area (Å²) in [6, 6.07) is 12.8. The molecule has 0 unspecified atom stereocenters. The van der Waals surface area contributed by atoms with Gasteiger partial charge in [0.2, 0.25) is 0 Å². The van der Waals surface area contributed by atoms with Crippen molar-refractivity contribution < 1.29 is 40.9 Å². The molecule has 2 aromatic carbocycles. The number of carboxylic acids is 2. The zero-order valence-electron chi connectivity index (χ0n) is 9.74. The first-order chi connectivity index (χ1) is 8.58. The van der Waals surface area contributed by atoms with Gasteiger partial charge in [-0.25, -0.2) is 9.59 Å². The van der Waals surface area contributed by atoms with Gasteiger partial charge in [-0.3, -0.25) is 0 Å². The second-order valence-electron chi connectivity index (χ2n) is 3.77. The summed E-state index contributed by atoms with van der Waals surface area (Å²) < 4.78 is 0. The molecule has 0 fully saturated rings. The van der Waals surface area contributed by atoms with Crippen molar-refractivity contribution in [3.63, 3.8) is 0 Å². The number of hydrogen-bond acceptors (Lipinski definition) is 2. The molecule has 0 bridgehead atoms. The Morgan fingerprint density at radius 3 is 1.11 bits per heavy atom. The van der Waals surface area contributed by atoms with Crippen molar-refractivity contribution in [2.24, 2.45) is 0 Å². The first-order valence-electron chi connectivity index (χ1n) is 5.25. The van der Waals surface area contributed by atoms with Gasteiger partial charge in [-0.1, -0.05) is 24.3 Å². The second-order valence-corrected chi connectivity index (χ2v) is 3.77. The number of aromatic carboxylic acids is 2. The number of carbonyl (C=O) groups is 2. The van der Waals surface area contributed by atoms with Crippen molar-refractivity contribution >= 4 is 11.9 Å². The molecule has 2 rings (SSSR count). The molecule has 2 N–H and O–H groups in total. The van der Waals surface area contributed by atoms with Gasteiger partial charge in [-0.2, -0.15) is 0 Å². The third kappa shape index (κ3) is 3.52. The van der Waals surface area contributed by atoms with Crippen LogP contribution in [0.25, 0.3) is 11.1 Å². The molecule has 0 aromatic heterocycles. The molecule has 0 aliphatic carbocycles. The maximum Gasteiger partial charge on any atom is 0.335 e. The Labute approximate surface area is 124 Å². The fourth-order valence-corrected chi connectivity index (χ4v) is 1.61. The number of hydrogen-bond donors (Lipinski definition) is 2. The van der Waals surface area contributed by atoms with Crippen LogP contribution in [-0.4, -0.2) is 22.2 Å². The minimum absolute atomic E-state index is 0. The number of carboxylic acid groups (broad SMARTS) is 2. The molecule has 96 valence electrons. The van der Waals surface area contributed by atoms with E-state index in [4.69, 9.17) is 10.2 Å². The van der Waals surface area contributed by atoms with Crippen LogP contribution in [0, 0.1) is 0 Å². The van der Waals surface area contributed by atoms with Crippen LogP contribution in [0.2, 0.25) is 0 Å². The maximum atomic E-state index is 10.7. The second kappa shape index (κ2) is 6.30. The summed E-state index contributed by atoms with van der Waals surface area (Å²) in [5.41, 5.74) is 2.13. The van der Waals surface area contributed by atoms with Crippen LogP contribution < -0.4 is 0 Å². The minimum Gasteiger partial charge on any atom is -0.478 e. The zero-order chi connectivity index (χ0) is 13.1. The quantitative estimate of drug-likeness (QED) is 0.844. The average molecular weight is 338 g/mol. The predicted molar refractivity (Wildman–Crippen MR) is 65.8 cm³/mol. The van der Waals surface area contributed by atoms with Crippen molar-refractivity contribution in [1.82, 2.24) is 0 Å². The summed E-state index contributed by atoms with van der Waals surface area (Å²) in [5.74, 6) is -1.94. The number of benzene rings is 2. The van der Waals surface area contributed by atoms with E-state index in [-0.39, 0.29) is 32.2 Å². The van der Waals surface area contributed by atoms with Crippen LogP contribution >= 0.6 is 0 Å². The van der Waals surface area contributed by atoms with Crippen LogP contribution in [-0.2, 0) is 21.1 Å². The summed E-state index contributed by atoms with van der Waals surface area (Å²) in [6.07, 6.45) is 0. The predicted octanol–water partition coefficient (Wildman–Crippen LogP) is 2.75. The van der Waals surface area contributed by atoms with Crippen LogP contribution in [0.4, 0.5) is 0 Å². The van der Waals surface area contributed by atoms with Gasteiger partial charge < -0.3 is 10.2 Å². The normalized spacial score (nSPS) is 9.47. The molecular formula is C14H10MoO4. The molecule has 5 heteroatoms. The van der Waals surface area contributed by atoms with Crippen molar-refractivity contribution in [2.45, 2.75) is 0 Å². The molecule has 0 aliphatic heterocycles. The Morgan fingerprint density at radius 1 is 0.632 bits per heavy atom. The first-order valence-corrected chi connectivity index (χ1v) is 5.25. The summed E-state index contributed by atoms with van der Waals surface area (Å²) in [7, 11) is 0. The molecule has 0 heterocycles. The molecule has 2 aromatic rings. The molecule has 4 nitrogen and oxygen atoms in total. The largest absolute Gasteiger partial charge is 0.478 e. The summed E-state index contributed by atoms with van der Waals surface area (Å²) >= 11 is 0. The monoisotopic (exact) mass is 340 g/mol. The molecular weight excluding hydrogens is 328 g/mol. The van der Waals surface area contributed by atoms with Gasteiger partial charge in [0.1, 0.15) is 0 Å². The van der Waals surface area contributed by atoms with Gasteiger partial charge in [0, 0.05) is 21.1 Å². The van der Waals surface area contributed by atoms with Crippen LogP contribution in [0.1, 0.15) is 20.7 Å². The Balaban J connectivity index is 0.00000180. The van der Waals surface area contributed by atoms with Gasteiger partial charge in [0.25, 0.3) is 0 Å². The van der Waals surface area contributed by atoms with Crippen molar-refractivity contribution in [1.29, 1.82) is 0 Å². The fraction of sp³-hybridized carbons (Fsp3) is 0. The smallest absolute Gasteiger partial charge is 0.335 e. The molecule has 19 heavy (non-hydrogen) atoms. The van der Waals surface area contributed by atoms with E-state index in [2.05, 4.69) is 0 Å². The van der Waals surface area contributed by atoms with E-state index in [1.54, 1.807) is 24.3 Å². The van der Waals surface area contributed by atoms with Gasteiger partial charge >= 0.3 is 11.9 Å². The van der Waals surface area contributed by atoms with E-state index in [0.717, 1.165) is 11.1 Å². The van der Waals surface area contributed by atoms with E-state index in [1.807, 2.05) is 0 Å². The van der Waals surface area contributed by atoms with E-state index < -0.39 is 11.9 Å². The Hall–Kier alpha value is -1.93. The Bertz CT molecular complexity index is 532. The van der Waals surface area contributed by atoms with Crippen molar-refractivity contribution in [2.75, 3.05) is 0 Å². The standard InChI is InChI=1S/C14H10O4.Mo/c15-13(16)11-5-1-9(2-6-11)10-3-7-12(8-4-10)14(17)18;/h1-8H,(H,15,16)(H,17,18);. The summed E-state index contributed by atoms with van der Waals surface area (Å²) in [4.78, 5) is 21.4. The molecule has 0 spiro atoms. The van der Waals surface area contributed by atoms with Crippen LogP contribution in [0.5, 0.6) is 0 Å². The molecule has 0 atom stereocenters. The van der Waals surface area contributed by atoms with Crippen molar-refractivity contribution in [3.05, 3.63) is 59.7 Å². The summed E-state index contributed by atoms with van der Waals surface area (Å²) in [5, 5.41) is 17.6. The zero-order valence-corrected chi connectivity index (χ0v) is 11.7. The Morgan fingerprint density at radius 2 is 0.895 bits per heavy atom. The van der Waals surface area contributed by atoms with Crippen LogP contribution in [0.3, 0.4) is 0 Å². The van der Waals surface area contributed by atoms with E-state index in [0.29, 0.717) is 0 Å². The maximum absolute atomic E-state index is 10.7. The van der Waals surface area contributed by atoms with Gasteiger partial charge in [0.05, 0.1) is 11.1 Å². The molecule has 0 saturated heterocycles. The minimum atomic E-state index is -0.970. The van der Waals surface area contributed by atoms with E-state index >= 15 is 0 Å². The molecule has 0 amide bonds. The summed E-state index contributed by atoms with van der Waals surface area (Å²) in [6.45, 7) is 0. The van der Waals surface area contributed by atoms with Gasteiger partial charge in [-0.05, 0) is 35.4 Å². The third-order valence-corrected chi connectivity index (χ3v) is 2.60. The van der Waals surface area contributed by atoms with E-state index in [1.165, 1.54) is 24.3 Å². The van der Waals surface area contributed by atoms with Crippen molar-refractivity contribution in [3.8, 4) is 11.1 Å². The van der Waals surface area contributed by atoms with Gasteiger partial charge in [0.15, 0.2) is 0 Å². The first kappa shape index (κ1) is 15.1. The topological polar surface area (TPSA) is 74.6 Å². The van der Waals surface area contributed by atoms with Crippen LogP contribution in [0.15, 0.2) is 48.5 Å². The molecule has 0 radical (unpaired) electrons. The SMILES string of the molecule is O=C(O)c1ccc(-c2ccc(C(=O)O)cc2)cc1.[Mo]. The molecule has 0 saturated carbocycles. The van der Waals surface area contributed by atoms with E-state index in [9.17, 15) is 9.59 Å². The Kier molecular flexibility index (Phi) is 5.01. The average Bonchev–Trinajstić information content (AvgIpc) is 2.39.